The summed E-state index contributed by atoms with van der Waals surface area (Å²) in [6.45, 7) is -2.78. The zero-order chi connectivity index (χ0) is 27.2. The second-order valence-corrected chi connectivity index (χ2v) is 9.35. The third-order valence-corrected chi connectivity index (χ3v) is 6.62. The zero-order valence-electron chi connectivity index (χ0n) is 18.6. The van der Waals surface area contributed by atoms with Crippen LogP contribution in [0.15, 0.2) is 0 Å². The van der Waals surface area contributed by atoms with Gasteiger partial charge in [0.2, 0.25) is 6.29 Å². The molecule has 1 aliphatic carbocycles. The first-order valence-corrected chi connectivity index (χ1v) is 12.0. The van der Waals surface area contributed by atoms with Crippen LogP contribution in [0, 0.1) is 0 Å². The molecule has 36 heavy (non-hydrogen) atoms. The molecule has 0 bridgehead atoms. The SMILES string of the molecule is [NH3+][C@H]1[C@@H](O[C@@H]2[C@@H](O)[C@H](O)[C@@H](O)[C@@H](OC=O)[C@H]2OP(=O)([O-])OC[C@@H](CO)OC=O)O[C@H](CO)[C@@H](O)[C@@H]1O. The number of ether oxygens (including phenoxy) is 4. The van der Waals surface area contributed by atoms with Gasteiger partial charge in [-0.25, -0.2) is 0 Å². The topological polar surface area (TPSA) is 299 Å². The lowest BCUT2D eigenvalue weighted by atomic mass is 9.84. The van der Waals surface area contributed by atoms with Crippen molar-refractivity contribution in [3.63, 3.8) is 0 Å². The first kappa shape index (κ1) is 30.9. The predicted octanol–water partition coefficient (Wildman–Crippen LogP) is -7.54. The number of phosphoric acid groups is 1. The lowest BCUT2D eigenvalue weighted by Crippen LogP contribution is -2.79. The molecule has 0 radical (unpaired) electrons. The van der Waals surface area contributed by atoms with Crippen molar-refractivity contribution in [2.24, 2.45) is 0 Å². The van der Waals surface area contributed by atoms with Crippen LogP contribution in [0.4, 0.5) is 0 Å². The largest absolute Gasteiger partial charge is 0.756 e. The lowest BCUT2D eigenvalue weighted by Gasteiger charge is -2.48. The molecule has 0 amide bonds. The third kappa shape index (κ3) is 7.15. The standard InChI is InChI=1S/C17H30NO17P/c18-8-10(24)9(23)7(2-20)33-17(8)34-15-13(27)11(25)12(26)14(31-5-22)16(15)35-36(28,29)32-3-6(1-19)30-4-21/h4-17,19-20,23-27H,1-3,18H2,(H,28,29)/t6-,7-,8-,9-,10-,11-,12-,13+,14-,15-,16-,17-/m1/s1. The highest BCUT2D eigenvalue weighted by Crippen LogP contribution is 2.44. The fraction of sp³-hybridized carbons (Fsp3) is 0.882. The molecule has 0 aromatic heterocycles. The predicted molar refractivity (Wildman–Crippen MR) is 105 cm³/mol. The molecule has 13 atom stereocenters. The van der Waals surface area contributed by atoms with Crippen molar-refractivity contribution in [2.75, 3.05) is 19.8 Å². The summed E-state index contributed by atoms with van der Waals surface area (Å²) in [5.41, 5.74) is 3.56. The number of carbonyl (C=O) groups excluding carboxylic acids is 2. The first-order chi connectivity index (χ1) is 16.9. The van der Waals surface area contributed by atoms with Crippen LogP contribution in [0.1, 0.15) is 0 Å². The molecule has 2 rings (SSSR count). The summed E-state index contributed by atoms with van der Waals surface area (Å²) >= 11 is 0. The van der Waals surface area contributed by atoms with Crippen LogP contribution in [-0.4, -0.2) is 142 Å². The highest BCUT2D eigenvalue weighted by atomic mass is 31.2. The van der Waals surface area contributed by atoms with Crippen molar-refractivity contribution >= 4 is 20.8 Å². The van der Waals surface area contributed by atoms with Crippen molar-refractivity contribution < 1.29 is 88.5 Å². The van der Waals surface area contributed by atoms with Crippen LogP contribution >= 0.6 is 7.82 Å². The summed E-state index contributed by atoms with van der Waals surface area (Å²) in [5, 5.41) is 69.6. The fourth-order valence-corrected chi connectivity index (χ4v) is 4.61. The zero-order valence-corrected chi connectivity index (χ0v) is 19.5. The van der Waals surface area contributed by atoms with Crippen LogP contribution < -0.4 is 10.6 Å². The van der Waals surface area contributed by atoms with E-state index in [0.717, 1.165) is 0 Å². The molecule has 210 valence electrons. The smallest absolute Gasteiger partial charge is 0.293 e. The van der Waals surface area contributed by atoms with Gasteiger partial charge < -0.3 is 74.4 Å². The van der Waals surface area contributed by atoms with Crippen molar-refractivity contribution in [1.82, 2.24) is 0 Å². The Morgan fingerprint density at radius 2 is 1.58 bits per heavy atom. The van der Waals surface area contributed by atoms with Crippen molar-refractivity contribution in [2.45, 2.75) is 73.4 Å². The second-order valence-electron chi connectivity index (χ2n) is 7.99. The van der Waals surface area contributed by atoms with Crippen LogP contribution in [0.25, 0.3) is 0 Å². The molecule has 10 N–H and O–H groups in total. The van der Waals surface area contributed by atoms with Gasteiger partial charge in [0.25, 0.3) is 20.8 Å². The summed E-state index contributed by atoms with van der Waals surface area (Å²) in [5.74, 6) is 0. The van der Waals surface area contributed by atoms with Gasteiger partial charge in [-0.15, -0.1) is 0 Å². The van der Waals surface area contributed by atoms with Crippen molar-refractivity contribution in [3.05, 3.63) is 0 Å². The Kier molecular flexibility index (Phi) is 11.5. The molecule has 19 heteroatoms. The Hall–Kier alpha value is -1.35. The van der Waals surface area contributed by atoms with E-state index in [4.69, 9.17) is 19.1 Å². The molecule has 2 aliphatic rings. The minimum absolute atomic E-state index is 0.0712. The summed E-state index contributed by atoms with van der Waals surface area (Å²) in [6, 6.07) is -1.29. The van der Waals surface area contributed by atoms with E-state index in [-0.39, 0.29) is 12.9 Å². The normalized spacial score (nSPS) is 41.6. The van der Waals surface area contributed by atoms with Crippen molar-refractivity contribution in [3.8, 4) is 0 Å². The highest BCUT2D eigenvalue weighted by Gasteiger charge is 2.56. The number of hydrogen-bond acceptors (Lipinski definition) is 17. The first-order valence-electron chi connectivity index (χ1n) is 10.5. The van der Waals surface area contributed by atoms with Gasteiger partial charge in [-0.3, -0.25) is 14.2 Å². The Balaban J connectivity index is 2.32. The van der Waals surface area contributed by atoms with Crippen LogP contribution in [0.5, 0.6) is 0 Å². The van der Waals surface area contributed by atoms with E-state index >= 15 is 0 Å². The van der Waals surface area contributed by atoms with Gasteiger partial charge in [0.1, 0.15) is 54.9 Å². The van der Waals surface area contributed by atoms with Crippen LogP contribution in [0.3, 0.4) is 0 Å². The number of rotatable bonds is 13. The van der Waals surface area contributed by atoms with E-state index in [0.29, 0.717) is 0 Å². The Bertz CT molecular complexity index is 759. The highest BCUT2D eigenvalue weighted by molar-refractivity contribution is 7.45. The molecule has 1 heterocycles. The van der Waals surface area contributed by atoms with Gasteiger partial charge in [-0.2, -0.15) is 0 Å². The van der Waals surface area contributed by atoms with Crippen LogP contribution in [-0.2, 0) is 42.1 Å². The maximum Gasteiger partial charge on any atom is 0.293 e. The number of hydrogen-bond donors (Lipinski definition) is 8. The van der Waals surface area contributed by atoms with E-state index in [1.807, 2.05) is 0 Å². The van der Waals surface area contributed by atoms with Gasteiger partial charge in [0.05, 0.1) is 19.8 Å². The number of quaternary nitrogens is 1. The number of aliphatic hydroxyl groups is 7. The van der Waals surface area contributed by atoms with Gasteiger partial charge in [0, 0.05) is 0 Å². The number of aliphatic hydroxyl groups excluding tert-OH is 7. The molecule has 2 fully saturated rings. The van der Waals surface area contributed by atoms with Gasteiger partial charge >= 0.3 is 0 Å². The van der Waals surface area contributed by atoms with Crippen molar-refractivity contribution in [1.29, 1.82) is 0 Å². The maximum atomic E-state index is 12.4. The molecular weight excluding hydrogens is 521 g/mol. The molecule has 0 aromatic rings. The molecular formula is C17H30NO17P. The average molecular weight is 551 g/mol. The lowest BCUT2D eigenvalue weighted by molar-refractivity contribution is -0.506. The molecule has 1 saturated heterocycles. The number of phosphoric ester groups is 1. The summed E-state index contributed by atoms with van der Waals surface area (Å²) in [6.07, 6.45) is -19.9. The fourth-order valence-electron chi connectivity index (χ4n) is 3.66. The summed E-state index contributed by atoms with van der Waals surface area (Å²) < 4.78 is 41.7. The molecule has 18 nitrogen and oxygen atoms in total. The summed E-state index contributed by atoms with van der Waals surface area (Å²) in [7, 11) is -5.45. The Morgan fingerprint density at radius 1 is 0.944 bits per heavy atom. The molecule has 1 aliphatic heterocycles. The third-order valence-electron chi connectivity index (χ3n) is 5.65. The van der Waals surface area contributed by atoms with E-state index in [1.54, 1.807) is 0 Å². The molecule has 0 spiro atoms. The van der Waals surface area contributed by atoms with E-state index in [1.165, 1.54) is 0 Å². The maximum absolute atomic E-state index is 12.4. The van der Waals surface area contributed by atoms with Gasteiger partial charge in [-0.1, -0.05) is 0 Å². The second kappa shape index (κ2) is 13.4. The van der Waals surface area contributed by atoms with E-state index in [2.05, 4.69) is 19.7 Å². The minimum atomic E-state index is -5.45. The molecule has 0 aromatic carbocycles. The molecule has 1 unspecified atom stereocenters. The quantitative estimate of drug-likeness (QED) is 0.0778. The van der Waals surface area contributed by atoms with Gasteiger partial charge in [0.15, 0.2) is 12.1 Å². The number of carbonyl (C=O) groups is 2. The van der Waals surface area contributed by atoms with Crippen LogP contribution in [0.2, 0.25) is 0 Å². The Morgan fingerprint density at radius 3 is 2.14 bits per heavy atom. The average Bonchev–Trinajstić information content (AvgIpc) is 2.85. The summed E-state index contributed by atoms with van der Waals surface area (Å²) in [4.78, 5) is 33.8. The van der Waals surface area contributed by atoms with E-state index < -0.39 is 101 Å². The Labute approximate surface area is 203 Å². The monoisotopic (exact) mass is 551 g/mol. The minimum Gasteiger partial charge on any atom is -0.756 e. The van der Waals surface area contributed by atoms with E-state index in [9.17, 15) is 49.7 Å². The molecule has 1 saturated carbocycles. The van der Waals surface area contributed by atoms with Gasteiger partial charge in [-0.05, 0) is 0 Å².